The van der Waals surface area contributed by atoms with E-state index in [1.54, 1.807) is 18.2 Å². The van der Waals surface area contributed by atoms with Crippen LogP contribution < -0.4 is 10.5 Å². The molecule has 1 aromatic carbocycles. The van der Waals surface area contributed by atoms with E-state index in [9.17, 15) is 9.18 Å². The Labute approximate surface area is 112 Å². The zero-order valence-corrected chi connectivity index (χ0v) is 11.2. The van der Waals surface area contributed by atoms with E-state index in [0.29, 0.717) is 18.5 Å². The fourth-order valence-corrected chi connectivity index (χ4v) is 2.67. The molecule has 1 saturated carbocycles. The third-order valence-electron chi connectivity index (χ3n) is 4.07. The van der Waals surface area contributed by atoms with Crippen LogP contribution in [0.1, 0.15) is 31.2 Å². The second-order valence-electron chi connectivity index (χ2n) is 5.38. The normalized spacial score (nSPS) is 16.8. The summed E-state index contributed by atoms with van der Waals surface area (Å²) in [5.74, 6) is -0.200. The quantitative estimate of drug-likeness (QED) is 0.859. The summed E-state index contributed by atoms with van der Waals surface area (Å²) < 4.78 is 18.9. The second-order valence-corrected chi connectivity index (χ2v) is 5.38. The molecule has 3 nitrogen and oxygen atoms in total. The monoisotopic (exact) mass is 265 g/mol. The summed E-state index contributed by atoms with van der Waals surface area (Å²) in [6.45, 7) is 0.541. The van der Waals surface area contributed by atoms with E-state index in [1.807, 2.05) is 0 Å². The number of carbonyl (C=O) groups is 1. The minimum absolute atomic E-state index is 0.0214. The Morgan fingerprint density at radius 3 is 2.74 bits per heavy atom. The smallest absolute Gasteiger partial charge is 0.168 e. The van der Waals surface area contributed by atoms with Gasteiger partial charge < -0.3 is 10.5 Å². The molecular formula is C15H20FNO2. The zero-order valence-electron chi connectivity index (χ0n) is 11.2. The molecule has 2 N–H and O–H groups in total. The standard InChI is InChI=1S/C15H20FNO2/c1-19-13-5-2-4-11(14(13)16)8-12(18)9-15(10-17)6-3-7-15/h2,4-5H,3,6-10,17H2,1H3. The highest BCUT2D eigenvalue weighted by atomic mass is 19.1. The number of Topliss-reactive ketones (excluding diaryl/α,β-unsaturated/α-hetero) is 1. The van der Waals surface area contributed by atoms with Crippen molar-refractivity contribution in [2.45, 2.75) is 32.1 Å². The fraction of sp³-hybridized carbons (Fsp3) is 0.533. The van der Waals surface area contributed by atoms with E-state index in [0.717, 1.165) is 19.3 Å². The molecule has 0 heterocycles. The largest absolute Gasteiger partial charge is 0.494 e. The highest BCUT2D eigenvalue weighted by Gasteiger charge is 2.37. The number of hydrogen-bond donors (Lipinski definition) is 1. The Kier molecular flexibility index (Phi) is 4.20. The third-order valence-corrected chi connectivity index (χ3v) is 4.07. The molecule has 1 aliphatic carbocycles. The number of nitrogens with two attached hydrogens (primary N) is 1. The number of ether oxygens (including phenoxy) is 1. The average molecular weight is 265 g/mol. The van der Waals surface area contributed by atoms with Crippen molar-refractivity contribution in [1.82, 2.24) is 0 Å². The van der Waals surface area contributed by atoms with Gasteiger partial charge in [0.2, 0.25) is 0 Å². The molecule has 0 aliphatic heterocycles. The Balaban J connectivity index is 2.03. The Morgan fingerprint density at radius 2 is 2.21 bits per heavy atom. The number of methoxy groups -OCH3 is 1. The van der Waals surface area contributed by atoms with Gasteiger partial charge in [-0.2, -0.15) is 0 Å². The molecule has 0 atom stereocenters. The van der Waals surface area contributed by atoms with Crippen molar-refractivity contribution >= 4 is 5.78 Å². The molecular weight excluding hydrogens is 245 g/mol. The zero-order chi connectivity index (χ0) is 13.9. The summed E-state index contributed by atoms with van der Waals surface area (Å²) in [5, 5.41) is 0. The molecule has 0 bridgehead atoms. The molecule has 0 aromatic heterocycles. The molecule has 4 heteroatoms. The molecule has 0 spiro atoms. The first-order chi connectivity index (χ1) is 9.10. The van der Waals surface area contributed by atoms with E-state index in [-0.39, 0.29) is 23.4 Å². The van der Waals surface area contributed by atoms with Crippen molar-refractivity contribution in [2.75, 3.05) is 13.7 Å². The predicted molar refractivity (Wildman–Crippen MR) is 71.6 cm³/mol. The molecule has 0 radical (unpaired) electrons. The van der Waals surface area contributed by atoms with Crippen LogP contribution >= 0.6 is 0 Å². The van der Waals surface area contributed by atoms with Crippen LogP contribution in [0.4, 0.5) is 4.39 Å². The summed E-state index contributed by atoms with van der Waals surface area (Å²) in [5.41, 5.74) is 6.12. The van der Waals surface area contributed by atoms with Crippen LogP contribution in [-0.4, -0.2) is 19.4 Å². The van der Waals surface area contributed by atoms with E-state index in [2.05, 4.69) is 0 Å². The number of rotatable bonds is 6. The lowest BCUT2D eigenvalue weighted by Gasteiger charge is -2.40. The highest BCUT2D eigenvalue weighted by Crippen LogP contribution is 2.43. The van der Waals surface area contributed by atoms with Crippen LogP contribution in [0, 0.1) is 11.2 Å². The van der Waals surface area contributed by atoms with Gasteiger partial charge in [-0.3, -0.25) is 4.79 Å². The van der Waals surface area contributed by atoms with Gasteiger partial charge in [0.15, 0.2) is 11.6 Å². The Hall–Kier alpha value is -1.42. The van der Waals surface area contributed by atoms with Gasteiger partial charge in [-0.05, 0) is 36.4 Å². The number of carbonyl (C=O) groups excluding carboxylic acids is 1. The molecule has 0 amide bonds. The van der Waals surface area contributed by atoms with Gasteiger partial charge in [-0.15, -0.1) is 0 Å². The molecule has 0 unspecified atom stereocenters. The van der Waals surface area contributed by atoms with Gasteiger partial charge in [0, 0.05) is 12.8 Å². The molecule has 1 aliphatic rings. The predicted octanol–water partition coefficient (Wildman–Crippen LogP) is 2.47. The minimum atomic E-state index is -0.436. The third kappa shape index (κ3) is 2.95. The molecule has 1 fully saturated rings. The maximum atomic E-state index is 13.9. The van der Waals surface area contributed by atoms with E-state index >= 15 is 0 Å². The van der Waals surface area contributed by atoms with Crippen LogP contribution in [0.3, 0.4) is 0 Å². The van der Waals surface area contributed by atoms with Crippen molar-refractivity contribution < 1.29 is 13.9 Å². The fourth-order valence-electron chi connectivity index (χ4n) is 2.67. The first-order valence-corrected chi connectivity index (χ1v) is 6.63. The summed E-state index contributed by atoms with van der Waals surface area (Å²) in [4.78, 5) is 12.1. The second kappa shape index (κ2) is 5.70. The molecule has 1 aromatic rings. The Morgan fingerprint density at radius 1 is 1.47 bits per heavy atom. The van der Waals surface area contributed by atoms with Crippen molar-refractivity contribution in [1.29, 1.82) is 0 Å². The minimum Gasteiger partial charge on any atom is -0.494 e. The van der Waals surface area contributed by atoms with Crippen LogP contribution in [0.2, 0.25) is 0 Å². The number of benzene rings is 1. The summed E-state index contributed by atoms with van der Waals surface area (Å²) in [6.07, 6.45) is 3.73. The molecule has 104 valence electrons. The maximum Gasteiger partial charge on any atom is 0.168 e. The average Bonchev–Trinajstić information content (AvgIpc) is 2.36. The van der Waals surface area contributed by atoms with Crippen molar-refractivity contribution in [3.63, 3.8) is 0 Å². The van der Waals surface area contributed by atoms with E-state index in [1.165, 1.54) is 7.11 Å². The molecule has 2 rings (SSSR count). The van der Waals surface area contributed by atoms with Crippen molar-refractivity contribution in [3.05, 3.63) is 29.6 Å². The van der Waals surface area contributed by atoms with Crippen LogP contribution in [0.5, 0.6) is 5.75 Å². The first kappa shape index (κ1) is 14.0. The lowest BCUT2D eigenvalue weighted by Crippen LogP contribution is -2.39. The maximum absolute atomic E-state index is 13.9. The van der Waals surface area contributed by atoms with Crippen molar-refractivity contribution in [2.24, 2.45) is 11.1 Å². The number of ketones is 1. The Bertz CT molecular complexity index is 464. The van der Waals surface area contributed by atoms with Gasteiger partial charge in [0.25, 0.3) is 0 Å². The number of halogens is 1. The first-order valence-electron chi connectivity index (χ1n) is 6.63. The van der Waals surface area contributed by atoms with E-state index < -0.39 is 5.82 Å². The van der Waals surface area contributed by atoms with Gasteiger partial charge in [0.05, 0.1) is 7.11 Å². The summed E-state index contributed by atoms with van der Waals surface area (Å²) >= 11 is 0. The molecule has 19 heavy (non-hydrogen) atoms. The lowest BCUT2D eigenvalue weighted by molar-refractivity contribution is -0.122. The van der Waals surface area contributed by atoms with Crippen LogP contribution in [0.15, 0.2) is 18.2 Å². The highest BCUT2D eigenvalue weighted by molar-refractivity contribution is 5.81. The number of hydrogen-bond acceptors (Lipinski definition) is 3. The summed E-state index contributed by atoms with van der Waals surface area (Å²) in [6, 6.07) is 4.88. The summed E-state index contributed by atoms with van der Waals surface area (Å²) in [7, 11) is 1.42. The lowest BCUT2D eigenvalue weighted by atomic mass is 9.65. The van der Waals surface area contributed by atoms with Gasteiger partial charge in [-0.1, -0.05) is 18.6 Å². The molecule has 0 saturated heterocycles. The van der Waals surface area contributed by atoms with Gasteiger partial charge >= 0.3 is 0 Å². The van der Waals surface area contributed by atoms with Crippen LogP contribution in [0.25, 0.3) is 0 Å². The SMILES string of the molecule is COc1cccc(CC(=O)CC2(CN)CCC2)c1F. The van der Waals surface area contributed by atoms with Gasteiger partial charge in [-0.25, -0.2) is 4.39 Å². The van der Waals surface area contributed by atoms with E-state index in [4.69, 9.17) is 10.5 Å². The topological polar surface area (TPSA) is 52.3 Å². The van der Waals surface area contributed by atoms with Gasteiger partial charge in [0.1, 0.15) is 5.78 Å². The van der Waals surface area contributed by atoms with Crippen LogP contribution in [-0.2, 0) is 11.2 Å². The van der Waals surface area contributed by atoms with Crippen molar-refractivity contribution in [3.8, 4) is 5.75 Å².